The highest BCUT2D eigenvalue weighted by atomic mass is 16.4. The van der Waals surface area contributed by atoms with Crippen LogP contribution in [0.3, 0.4) is 0 Å². The first-order valence-corrected chi connectivity index (χ1v) is 5.37. The van der Waals surface area contributed by atoms with E-state index in [1.807, 2.05) is 0 Å². The lowest BCUT2D eigenvalue weighted by atomic mass is 10.1. The summed E-state index contributed by atoms with van der Waals surface area (Å²) in [5.41, 5.74) is 6.56. The normalized spacial score (nSPS) is 16.4. The molecule has 1 aliphatic rings. The van der Waals surface area contributed by atoms with Gasteiger partial charge in [0, 0.05) is 5.69 Å². The molecule has 0 heterocycles. The Kier molecular flexibility index (Phi) is 2.63. The molecule has 1 saturated carbocycles. The molecule has 5 heteroatoms. The molecule has 4 N–H and O–H groups in total. The molecule has 0 aromatic heterocycles. The molecule has 0 unspecified atom stereocenters. The quantitative estimate of drug-likeness (QED) is 0.730. The number of carbonyl (C=O) groups excluding carboxylic acids is 1. The molecule has 17 heavy (non-hydrogen) atoms. The lowest BCUT2D eigenvalue weighted by molar-refractivity contribution is -0.118. The number of benzene rings is 1. The SMILES string of the molecule is Cc1cc(C(=O)O)ccc1NC(=O)C1(N)CC1. The second kappa shape index (κ2) is 3.85. The first-order chi connectivity index (χ1) is 7.92. The van der Waals surface area contributed by atoms with Gasteiger partial charge in [0.2, 0.25) is 5.91 Å². The van der Waals surface area contributed by atoms with Gasteiger partial charge in [-0.15, -0.1) is 0 Å². The highest BCUT2D eigenvalue weighted by Gasteiger charge is 2.46. The summed E-state index contributed by atoms with van der Waals surface area (Å²) in [5.74, 6) is -1.19. The number of rotatable bonds is 3. The van der Waals surface area contributed by atoms with E-state index in [1.165, 1.54) is 12.1 Å². The first kappa shape index (κ1) is 11.6. The molecule has 1 aromatic carbocycles. The van der Waals surface area contributed by atoms with Crippen molar-refractivity contribution in [2.24, 2.45) is 5.73 Å². The van der Waals surface area contributed by atoms with Crippen LogP contribution in [0.4, 0.5) is 5.69 Å². The van der Waals surface area contributed by atoms with Crippen LogP contribution in [0.5, 0.6) is 0 Å². The minimum Gasteiger partial charge on any atom is -0.478 e. The van der Waals surface area contributed by atoms with Gasteiger partial charge < -0.3 is 16.2 Å². The second-order valence-electron chi connectivity index (χ2n) is 4.45. The predicted molar refractivity (Wildman–Crippen MR) is 62.9 cm³/mol. The molecule has 5 nitrogen and oxygen atoms in total. The average Bonchev–Trinajstić information content (AvgIpc) is 3.00. The van der Waals surface area contributed by atoms with E-state index in [0.717, 1.165) is 0 Å². The third-order valence-corrected chi connectivity index (χ3v) is 2.96. The van der Waals surface area contributed by atoms with E-state index in [0.29, 0.717) is 24.1 Å². The molecule has 0 spiro atoms. The molecule has 0 bridgehead atoms. The Morgan fingerprint density at radius 3 is 2.53 bits per heavy atom. The summed E-state index contributed by atoms with van der Waals surface area (Å²) in [4.78, 5) is 22.5. The van der Waals surface area contributed by atoms with Crippen LogP contribution in [-0.4, -0.2) is 22.5 Å². The van der Waals surface area contributed by atoms with Gasteiger partial charge in [0.1, 0.15) is 0 Å². The predicted octanol–water partition coefficient (Wildman–Crippen LogP) is 1.12. The number of carboxylic acid groups (broad SMARTS) is 1. The van der Waals surface area contributed by atoms with E-state index in [9.17, 15) is 9.59 Å². The summed E-state index contributed by atoms with van der Waals surface area (Å²) < 4.78 is 0. The van der Waals surface area contributed by atoms with Crippen LogP contribution in [0.2, 0.25) is 0 Å². The van der Waals surface area contributed by atoms with Crippen LogP contribution < -0.4 is 11.1 Å². The Morgan fingerprint density at radius 1 is 1.41 bits per heavy atom. The maximum atomic E-state index is 11.7. The van der Waals surface area contributed by atoms with Crippen molar-refractivity contribution < 1.29 is 14.7 Å². The second-order valence-corrected chi connectivity index (χ2v) is 4.45. The van der Waals surface area contributed by atoms with Crippen molar-refractivity contribution in [1.29, 1.82) is 0 Å². The number of hydrogen-bond acceptors (Lipinski definition) is 3. The summed E-state index contributed by atoms with van der Waals surface area (Å²) in [6, 6.07) is 4.57. The molecule has 1 fully saturated rings. The van der Waals surface area contributed by atoms with E-state index in [4.69, 9.17) is 10.8 Å². The van der Waals surface area contributed by atoms with Gasteiger partial charge >= 0.3 is 5.97 Å². The van der Waals surface area contributed by atoms with Crippen LogP contribution in [0, 0.1) is 6.92 Å². The fourth-order valence-electron chi connectivity index (χ4n) is 1.55. The number of aromatic carboxylic acids is 1. The Labute approximate surface area is 98.6 Å². The van der Waals surface area contributed by atoms with Gasteiger partial charge in [-0.3, -0.25) is 4.79 Å². The minimum atomic E-state index is -0.983. The van der Waals surface area contributed by atoms with Crippen molar-refractivity contribution in [2.45, 2.75) is 25.3 Å². The molecule has 1 aromatic rings. The molecule has 0 atom stereocenters. The van der Waals surface area contributed by atoms with Gasteiger partial charge in [0.15, 0.2) is 0 Å². The molecule has 90 valence electrons. The monoisotopic (exact) mass is 234 g/mol. The van der Waals surface area contributed by atoms with E-state index in [1.54, 1.807) is 13.0 Å². The lowest BCUT2D eigenvalue weighted by Gasteiger charge is -2.12. The Balaban J connectivity index is 2.17. The van der Waals surface area contributed by atoms with Gasteiger partial charge in [0.25, 0.3) is 0 Å². The molecule has 0 aliphatic heterocycles. The number of amides is 1. The van der Waals surface area contributed by atoms with Crippen molar-refractivity contribution in [3.8, 4) is 0 Å². The summed E-state index contributed by atoms with van der Waals surface area (Å²) in [6.07, 6.45) is 1.40. The van der Waals surface area contributed by atoms with Crippen LogP contribution in [0.15, 0.2) is 18.2 Å². The van der Waals surface area contributed by atoms with Crippen molar-refractivity contribution >= 4 is 17.6 Å². The fourth-order valence-corrected chi connectivity index (χ4v) is 1.55. The van der Waals surface area contributed by atoms with Gasteiger partial charge in [-0.05, 0) is 43.5 Å². The maximum absolute atomic E-state index is 11.7. The van der Waals surface area contributed by atoms with Crippen molar-refractivity contribution in [3.05, 3.63) is 29.3 Å². The molecule has 0 saturated heterocycles. The molecular formula is C12H14N2O3. The number of carboxylic acids is 1. The van der Waals surface area contributed by atoms with E-state index in [2.05, 4.69) is 5.32 Å². The van der Waals surface area contributed by atoms with Crippen LogP contribution >= 0.6 is 0 Å². The van der Waals surface area contributed by atoms with Crippen LogP contribution in [-0.2, 0) is 4.79 Å². The molecule has 1 amide bonds. The summed E-state index contributed by atoms with van der Waals surface area (Å²) >= 11 is 0. The summed E-state index contributed by atoms with van der Waals surface area (Å²) in [5, 5.41) is 11.5. The van der Waals surface area contributed by atoms with Crippen molar-refractivity contribution in [2.75, 3.05) is 5.32 Å². The number of nitrogens with two attached hydrogens (primary N) is 1. The topological polar surface area (TPSA) is 92.4 Å². The van der Waals surface area contributed by atoms with Gasteiger partial charge in [-0.2, -0.15) is 0 Å². The minimum absolute atomic E-state index is 0.203. The summed E-state index contributed by atoms with van der Waals surface area (Å²) in [6.45, 7) is 1.75. The third-order valence-electron chi connectivity index (χ3n) is 2.96. The molecule has 1 aliphatic carbocycles. The Hall–Kier alpha value is -1.88. The van der Waals surface area contributed by atoms with Crippen molar-refractivity contribution in [3.63, 3.8) is 0 Å². The van der Waals surface area contributed by atoms with Crippen LogP contribution in [0.25, 0.3) is 0 Å². The lowest BCUT2D eigenvalue weighted by Crippen LogP contribution is -2.38. The number of carbonyl (C=O) groups is 2. The zero-order chi connectivity index (χ0) is 12.6. The smallest absolute Gasteiger partial charge is 0.335 e. The Morgan fingerprint density at radius 2 is 2.06 bits per heavy atom. The largest absolute Gasteiger partial charge is 0.478 e. The van der Waals surface area contributed by atoms with E-state index in [-0.39, 0.29) is 11.5 Å². The summed E-state index contributed by atoms with van der Waals surface area (Å²) in [7, 11) is 0. The highest BCUT2D eigenvalue weighted by molar-refractivity contribution is 6.01. The molecule has 0 radical (unpaired) electrons. The van der Waals surface area contributed by atoms with Gasteiger partial charge in [-0.1, -0.05) is 0 Å². The number of nitrogens with one attached hydrogen (secondary N) is 1. The Bertz CT molecular complexity index is 493. The average molecular weight is 234 g/mol. The number of anilines is 1. The van der Waals surface area contributed by atoms with Gasteiger partial charge in [-0.25, -0.2) is 4.79 Å². The molecule has 2 rings (SSSR count). The fraction of sp³-hybridized carbons (Fsp3) is 0.333. The zero-order valence-electron chi connectivity index (χ0n) is 9.49. The first-order valence-electron chi connectivity index (χ1n) is 5.37. The van der Waals surface area contributed by atoms with Crippen LogP contribution in [0.1, 0.15) is 28.8 Å². The van der Waals surface area contributed by atoms with Gasteiger partial charge in [0.05, 0.1) is 11.1 Å². The van der Waals surface area contributed by atoms with E-state index < -0.39 is 11.5 Å². The third kappa shape index (κ3) is 2.29. The number of hydrogen-bond donors (Lipinski definition) is 3. The standard InChI is InChI=1S/C12H14N2O3/c1-7-6-8(10(15)16)2-3-9(7)14-11(17)12(13)4-5-12/h2-3,6H,4-5,13H2,1H3,(H,14,17)(H,15,16). The van der Waals surface area contributed by atoms with Crippen molar-refractivity contribution in [1.82, 2.24) is 0 Å². The van der Waals surface area contributed by atoms with E-state index >= 15 is 0 Å². The molecular weight excluding hydrogens is 220 g/mol. The number of aryl methyl sites for hydroxylation is 1. The highest BCUT2D eigenvalue weighted by Crippen LogP contribution is 2.33. The maximum Gasteiger partial charge on any atom is 0.335 e. The zero-order valence-corrected chi connectivity index (χ0v) is 9.49.